The molecular formula is C18H37NO3. The van der Waals surface area contributed by atoms with Crippen molar-refractivity contribution >= 4 is 0 Å². The van der Waals surface area contributed by atoms with Crippen LogP contribution in [0.4, 0.5) is 0 Å². The van der Waals surface area contributed by atoms with Crippen LogP contribution in [0, 0.1) is 0 Å². The Hall–Kier alpha value is -0.740. The van der Waals surface area contributed by atoms with E-state index < -0.39 is 12.2 Å². The molecule has 0 saturated carbocycles. The van der Waals surface area contributed by atoms with Crippen molar-refractivity contribution in [3.63, 3.8) is 0 Å². The van der Waals surface area contributed by atoms with Gasteiger partial charge in [0.15, 0.2) is 0 Å². The molecule has 0 amide bonds. The van der Waals surface area contributed by atoms with E-state index in [0.717, 1.165) is 12.8 Å². The maximum atomic E-state index is 9.70. The average molecular weight is 315 g/mol. The number of aliphatic hydroxyl groups is 3. The van der Waals surface area contributed by atoms with Gasteiger partial charge in [0.2, 0.25) is 0 Å². The average Bonchev–Trinajstić information content (AvgIpc) is 2.54. The lowest BCUT2D eigenvalue weighted by atomic mass is 10.0. The minimum atomic E-state index is -1.15. The fourth-order valence-corrected chi connectivity index (χ4v) is 2.65. The van der Waals surface area contributed by atoms with Crippen molar-refractivity contribution in [2.75, 3.05) is 0 Å². The Morgan fingerprint density at radius 1 is 0.818 bits per heavy atom. The Bertz CT molecular complexity index is 269. The molecule has 4 nitrogen and oxygen atoms in total. The van der Waals surface area contributed by atoms with Crippen LogP contribution in [0.2, 0.25) is 0 Å². The van der Waals surface area contributed by atoms with Gasteiger partial charge in [-0.1, -0.05) is 84.0 Å². The third-order valence-corrected chi connectivity index (χ3v) is 4.21. The minimum Gasteiger partial charge on any atom is -0.514 e. The van der Waals surface area contributed by atoms with Gasteiger partial charge in [0.05, 0.1) is 11.8 Å². The Balaban J connectivity index is 3.30. The molecule has 0 aliphatic carbocycles. The molecule has 0 aliphatic heterocycles. The second-order valence-electron chi connectivity index (χ2n) is 6.32. The predicted octanol–water partition coefficient (Wildman–Crippen LogP) is 4.16. The summed E-state index contributed by atoms with van der Waals surface area (Å²) in [4.78, 5) is 0. The normalized spacial score (nSPS) is 15.0. The van der Waals surface area contributed by atoms with Gasteiger partial charge in [-0.3, -0.25) is 0 Å². The van der Waals surface area contributed by atoms with Crippen LogP contribution in [0.15, 0.2) is 12.0 Å². The molecule has 0 bridgehead atoms. The third kappa shape index (κ3) is 11.9. The first-order chi connectivity index (χ1) is 10.6. The van der Waals surface area contributed by atoms with Gasteiger partial charge in [0, 0.05) is 0 Å². The van der Waals surface area contributed by atoms with Crippen LogP contribution < -0.4 is 5.73 Å². The zero-order valence-electron chi connectivity index (χ0n) is 14.3. The van der Waals surface area contributed by atoms with Crippen molar-refractivity contribution in [3.8, 4) is 0 Å². The Kier molecular flexibility index (Phi) is 14.7. The van der Waals surface area contributed by atoms with Gasteiger partial charge in [0.25, 0.3) is 0 Å². The second-order valence-corrected chi connectivity index (χ2v) is 6.32. The Morgan fingerprint density at radius 2 is 1.23 bits per heavy atom. The van der Waals surface area contributed by atoms with Crippen LogP contribution in [-0.4, -0.2) is 27.5 Å². The predicted molar refractivity (Wildman–Crippen MR) is 92.6 cm³/mol. The van der Waals surface area contributed by atoms with Crippen molar-refractivity contribution in [1.29, 1.82) is 0 Å². The van der Waals surface area contributed by atoms with E-state index in [-0.39, 0.29) is 5.70 Å². The summed E-state index contributed by atoms with van der Waals surface area (Å²) in [5.41, 5.74) is 5.28. The highest BCUT2D eigenvalue weighted by atomic mass is 16.3. The second kappa shape index (κ2) is 15.2. The molecule has 0 spiro atoms. The van der Waals surface area contributed by atoms with Crippen LogP contribution in [0.25, 0.3) is 0 Å². The maximum absolute atomic E-state index is 9.70. The molecule has 0 aromatic carbocycles. The molecule has 0 aromatic heterocycles. The lowest BCUT2D eigenvalue weighted by Crippen LogP contribution is -2.31. The molecule has 132 valence electrons. The molecule has 0 fully saturated rings. The third-order valence-electron chi connectivity index (χ3n) is 4.21. The molecule has 0 aliphatic rings. The largest absolute Gasteiger partial charge is 0.514 e. The van der Waals surface area contributed by atoms with E-state index >= 15 is 0 Å². The van der Waals surface area contributed by atoms with Crippen molar-refractivity contribution in [1.82, 2.24) is 0 Å². The summed E-state index contributed by atoms with van der Waals surface area (Å²) in [6.07, 6.45) is 14.4. The Labute approximate surface area is 136 Å². The first kappa shape index (κ1) is 21.3. The summed E-state index contributed by atoms with van der Waals surface area (Å²) in [7, 11) is 0. The summed E-state index contributed by atoms with van der Waals surface area (Å²) in [5, 5.41) is 27.9. The minimum absolute atomic E-state index is 0.0774. The van der Waals surface area contributed by atoms with E-state index in [1.165, 1.54) is 64.2 Å². The summed E-state index contributed by atoms with van der Waals surface area (Å²) in [6.45, 7) is 2.25. The molecule has 2 atom stereocenters. The van der Waals surface area contributed by atoms with Gasteiger partial charge in [-0.05, 0) is 6.42 Å². The van der Waals surface area contributed by atoms with Crippen LogP contribution >= 0.6 is 0 Å². The molecule has 4 heteroatoms. The lowest BCUT2D eigenvalue weighted by Gasteiger charge is -2.17. The monoisotopic (exact) mass is 315 g/mol. The standard InChI is InChI=1S/C18H37NO3/c1-2-3-4-5-6-7-8-9-10-11-12-13-14-17(21)18(22)16(19)15-20/h15,17-18,20-22H,2-14,19H2,1H3/b16-15-. The van der Waals surface area contributed by atoms with E-state index in [1.807, 2.05) is 0 Å². The van der Waals surface area contributed by atoms with Crippen LogP contribution in [0.5, 0.6) is 0 Å². The zero-order chi connectivity index (χ0) is 16.6. The molecule has 0 aromatic rings. The molecule has 0 heterocycles. The summed E-state index contributed by atoms with van der Waals surface area (Å²) >= 11 is 0. The molecule has 2 unspecified atom stereocenters. The summed E-state index contributed by atoms with van der Waals surface area (Å²) < 4.78 is 0. The smallest absolute Gasteiger partial charge is 0.122 e. The SMILES string of the molecule is CCCCCCCCCCCCCCC(O)C(O)/C(N)=C/O. The highest BCUT2D eigenvalue weighted by Crippen LogP contribution is 2.14. The van der Waals surface area contributed by atoms with Gasteiger partial charge in [-0.2, -0.15) is 0 Å². The van der Waals surface area contributed by atoms with Crippen LogP contribution in [0.3, 0.4) is 0 Å². The number of rotatable bonds is 15. The molecule has 5 N–H and O–H groups in total. The maximum Gasteiger partial charge on any atom is 0.122 e. The van der Waals surface area contributed by atoms with Crippen LogP contribution in [0.1, 0.15) is 90.4 Å². The number of hydrogen-bond acceptors (Lipinski definition) is 4. The topological polar surface area (TPSA) is 86.7 Å². The highest BCUT2D eigenvalue weighted by molar-refractivity contribution is 5.01. The molecule has 22 heavy (non-hydrogen) atoms. The Morgan fingerprint density at radius 3 is 1.64 bits per heavy atom. The van der Waals surface area contributed by atoms with Crippen molar-refractivity contribution in [2.45, 2.75) is 103 Å². The quantitative estimate of drug-likeness (QED) is 0.270. The van der Waals surface area contributed by atoms with E-state index in [0.29, 0.717) is 12.7 Å². The zero-order valence-corrected chi connectivity index (χ0v) is 14.3. The summed E-state index contributed by atoms with van der Waals surface area (Å²) in [5.74, 6) is 0. The molecule has 0 rings (SSSR count). The highest BCUT2D eigenvalue weighted by Gasteiger charge is 2.18. The fourth-order valence-electron chi connectivity index (χ4n) is 2.65. The molecule has 0 saturated heterocycles. The van der Waals surface area contributed by atoms with Crippen molar-refractivity contribution < 1.29 is 15.3 Å². The van der Waals surface area contributed by atoms with Gasteiger partial charge >= 0.3 is 0 Å². The number of nitrogens with two attached hydrogens (primary N) is 1. The fraction of sp³-hybridized carbons (Fsp3) is 0.889. The van der Waals surface area contributed by atoms with E-state index in [9.17, 15) is 10.2 Å². The van der Waals surface area contributed by atoms with Gasteiger partial charge in [0.1, 0.15) is 12.4 Å². The van der Waals surface area contributed by atoms with Crippen LogP contribution in [-0.2, 0) is 0 Å². The number of hydrogen-bond donors (Lipinski definition) is 4. The lowest BCUT2D eigenvalue weighted by molar-refractivity contribution is 0.0327. The molecular weight excluding hydrogens is 278 g/mol. The van der Waals surface area contributed by atoms with Gasteiger partial charge in [-0.25, -0.2) is 0 Å². The first-order valence-corrected chi connectivity index (χ1v) is 9.09. The number of aliphatic hydroxyl groups excluding tert-OH is 3. The van der Waals surface area contributed by atoms with Gasteiger partial charge < -0.3 is 21.1 Å². The van der Waals surface area contributed by atoms with Crippen molar-refractivity contribution in [3.05, 3.63) is 12.0 Å². The van der Waals surface area contributed by atoms with Gasteiger partial charge in [-0.15, -0.1) is 0 Å². The first-order valence-electron chi connectivity index (χ1n) is 9.09. The van der Waals surface area contributed by atoms with E-state index in [1.54, 1.807) is 0 Å². The van der Waals surface area contributed by atoms with Crippen molar-refractivity contribution in [2.24, 2.45) is 5.73 Å². The van der Waals surface area contributed by atoms with E-state index in [2.05, 4.69) is 6.92 Å². The van der Waals surface area contributed by atoms with E-state index in [4.69, 9.17) is 10.8 Å². The summed E-state index contributed by atoms with van der Waals surface area (Å²) in [6, 6.07) is 0. The molecule has 0 radical (unpaired) electrons. The number of unbranched alkanes of at least 4 members (excludes halogenated alkanes) is 11.